The largest absolute Gasteiger partial charge is 0.478 e. The number of aromatic carboxylic acids is 1. The third kappa shape index (κ3) is 3.28. The van der Waals surface area contributed by atoms with Crippen molar-refractivity contribution in [3.63, 3.8) is 0 Å². The molecule has 2 aromatic carbocycles. The highest BCUT2D eigenvalue weighted by atomic mass is 19.2. The minimum Gasteiger partial charge on any atom is -0.478 e. The van der Waals surface area contributed by atoms with Crippen molar-refractivity contribution in [3.05, 3.63) is 64.5 Å². The van der Waals surface area contributed by atoms with E-state index in [4.69, 9.17) is 5.11 Å². The summed E-state index contributed by atoms with van der Waals surface area (Å²) in [6.07, 6.45) is 0.406. The smallest absolute Gasteiger partial charge is 0.335 e. The number of anilines is 1. The lowest BCUT2D eigenvalue weighted by molar-refractivity contribution is 0.0697. The van der Waals surface area contributed by atoms with Gasteiger partial charge in [-0.3, -0.25) is 5.43 Å². The van der Waals surface area contributed by atoms with Gasteiger partial charge in [-0.1, -0.05) is 6.07 Å². The third-order valence-electron chi connectivity index (χ3n) is 2.74. The molecule has 0 radical (unpaired) electrons. The summed E-state index contributed by atoms with van der Waals surface area (Å²) in [6.45, 7) is 0. The van der Waals surface area contributed by atoms with Gasteiger partial charge >= 0.3 is 5.97 Å². The van der Waals surface area contributed by atoms with Crippen LogP contribution in [0.3, 0.4) is 0 Å². The van der Waals surface area contributed by atoms with Crippen molar-refractivity contribution >= 4 is 17.9 Å². The predicted molar refractivity (Wildman–Crippen MR) is 70.8 cm³/mol. The first-order valence-electron chi connectivity index (χ1n) is 5.96. The molecular weight excluding hydrogens is 323 g/mol. The Hall–Kier alpha value is -2.97. The highest BCUT2D eigenvalue weighted by molar-refractivity contribution is 5.89. The molecule has 0 aliphatic carbocycles. The molecule has 4 nitrogen and oxygen atoms in total. The van der Waals surface area contributed by atoms with Gasteiger partial charge in [0.25, 0.3) is 0 Å². The topological polar surface area (TPSA) is 61.7 Å². The van der Waals surface area contributed by atoms with Crippen molar-refractivity contribution in [2.75, 3.05) is 5.43 Å². The second-order valence-electron chi connectivity index (χ2n) is 4.24. The molecule has 0 atom stereocenters. The van der Waals surface area contributed by atoms with Gasteiger partial charge in [-0.15, -0.1) is 0 Å². The first-order valence-corrected chi connectivity index (χ1v) is 5.96. The van der Waals surface area contributed by atoms with E-state index < -0.39 is 40.6 Å². The van der Waals surface area contributed by atoms with E-state index in [2.05, 4.69) is 10.5 Å². The lowest BCUT2D eigenvalue weighted by Gasteiger charge is -2.04. The fourth-order valence-electron chi connectivity index (χ4n) is 1.63. The summed E-state index contributed by atoms with van der Waals surface area (Å²) < 4.78 is 65.6. The fraction of sp³-hybridized carbons (Fsp3) is 0. The molecule has 2 N–H and O–H groups in total. The number of carboxylic acids is 1. The van der Waals surface area contributed by atoms with Gasteiger partial charge in [0, 0.05) is 0 Å². The maximum Gasteiger partial charge on any atom is 0.335 e. The predicted octanol–water partition coefficient (Wildman–Crippen LogP) is 3.53. The van der Waals surface area contributed by atoms with E-state index in [0.717, 1.165) is 6.07 Å². The molecule has 120 valence electrons. The number of benzene rings is 2. The van der Waals surface area contributed by atoms with E-state index in [9.17, 15) is 26.7 Å². The molecule has 0 bridgehead atoms. The van der Waals surface area contributed by atoms with Crippen molar-refractivity contribution in [2.24, 2.45) is 5.10 Å². The van der Waals surface area contributed by atoms with Crippen LogP contribution in [0.2, 0.25) is 0 Å². The van der Waals surface area contributed by atoms with Crippen molar-refractivity contribution < 1.29 is 31.9 Å². The van der Waals surface area contributed by atoms with Gasteiger partial charge in [0.15, 0.2) is 23.3 Å². The van der Waals surface area contributed by atoms with Crippen molar-refractivity contribution in [2.45, 2.75) is 0 Å². The molecular formula is C14H7F5N2O2. The average Bonchev–Trinajstić information content (AvgIpc) is 2.54. The van der Waals surface area contributed by atoms with Crippen LogP contribution in [0.25, 0.3) is 0 Å². The van der Waals surface area contributed by atoms with Crippen LogP contribution in [0, 0.1) is 29.1 Å². The van der Waals surface area contributed by atoms with Crippen LogP contribution in [0.1, 0.15) is 15.9 Å². The Balaban J connectivity index is 2.28. The zero-order valence-electron chi connectivity index (χ0n) is 11.1. The highest BCUT2D eigenvalue weighted by Crippen LogP contribution is 2.21. The maximum absolute atomic E-state index is 13.4. The molecule has 0 heterocycles. The Kier molecular flexibility index (Phi) is 4.58. The highest BCUT2D eigenvalue weighted by Gasteiger charge is 2.24. The summed E-state index contributed by atoms with van der Waals surface area (Å²) in [6, 6.07) is 5.22. The van der Waals surface area contributed by atoms with Crippen LogP contribution in [0.15, 0.2) is 29.4 Å². The minimum atomic E-state index is -2.26. The Morgan fingerprint density at radius 1 is 1.00 bits per heavy atom. The zero-order chi connectivity index (χ0) is 17.1. The molecule has 0 unspecified atom stereocenters. The van der Waals surface area contributed by atoms with E-state index in [1.807, 2.05) is 0 Å². The van der Waals surface area contributed by atoms with Crippen LogP contribution < -0.4 is 5.43 Å². The molecule has 2 rings (SSSR count). The Labute approximate surface area is 125 Å². The second-order valence-corrected chi connectivity index (χ2v) is 4.24. The first kappa shape index (κ1) is 16.4. The lowest BCUT2D eigenvalue weighted by atomic mass is 10.2. The molecule has 0 amide bonds. The SMILES string of the molecule is O=C(O)c1cccc(N/N=C\c2c(F)c(F)c(F)c(F)c2F)c1. The van der Waals surface area contributed by atoms with Crippen molar-refractivity contribution in [3.8, 4) is 0 Å². The van der Waals surface area contributed by atoms with Crippen LogP contribution in [-0.4, -0.2) is 17.3 Å². The molecule has 9 heteroatoms. The van der Waals surface area contributed by atoms with Gasteiger partial charge in [0.2, 0.25) is 5.82 Å². The van der Waals surface area contributed by atoms with Crippen molar-refractivity contribution in [1.82, 2.24) is 0 Å². The monoisotopic (exact) mass is 330 g/mol. The van der Waals surface area contributed by atoms with Crippen LogP contribution >= 0.6 is 0 Å². The third-order valence-corrected chi connectivity index (χ3v) is 2.74. The van der Waals surface area contributed by atoms with E-state index in [1.54, 1.807) is 0 Å². The number of nitrogens with zero attached hydrogens (tertiary/aromatic N) is 1. The molecule has 0 saturated heterocycles. The number of carbonyl (C=O) groups is 1. The van der Waals surface area contributed by atoms with Crippen LogP contribution in [-0.2, 0) is 0 Å². The number of halogens is 5. The number of hydrogen-bond donors (Lipinski definition) is 2. The first-order chi connectivity index (χ1) is 10.8. The van der Waals surface area contributed by atoms with Crippen LogP contribution in [0.4, 0.5) is 27.6 Å². The van der Waals surface area contributed by atoms with Gasteiger partial charge in [-0.05, 0) is 18.2 Å². The van der Waals surface area contributed by atoms with E-state index >= 15 is 0 Å². The maximum atomic E-state index is 13.4. The van der Waals surface area contributed by atoms with Gasteiger partial charge in [-0.25, -0.2) is 26.7 Å². The standard InChI is InChI=1S/C14H7F5N2O2/c15-9-8(10(16)12(18)13(19)11(9)17)5-20-21-7-3-1-2-6(4-7)14(22)23/h1-5,21H,(H,22,23)/b20-5-. The quantitative estimate of drug-likeness (QED) is 0.296. The number of nitrogens with one attached hydrogen (secondary N) is 1. The lowest BCUT2D eigenvalue weighted by Crippen LogP contribution is -2.07. The van der Waals surface area contributed by atoms with Gasteiger partial charge in [0.05, 0.1) is 23.0 Å². The molecule has 0 aliphatic rings. The van der Waals surface area contributed by atoms with Crippen molar-refractivity contribution in [1.29, 1.82) is 0 Å². The molecule has 23 heavy (non-hydrogen) atoms. The zero-order valence-corrected chi connectivity index (χ0v) is 11.1. The number of rotatable bonds is 4. The fourth-order valence-corrected chi connectivity index (χ4v) is 1.63. The number of carboxylic acid groups (broad SMARTS) is 1. The molecule has 2 aromatic rings. The molecule has 0 aliphatic heterocycles. The van der Waals surface area contributed by atoms with E-state index in [1.165, 1.54) is 18.2 Å². The average molecular weight is 330 g/mol. The summed E-state index contributed by atoms with van der Waals surface area (Å²) in [4.78, 5) is 10.8. The van der Waals surface area contributed by atoms with Gasteiger partial charge < -0.3 is 5.11 Å². The van der Waals surface area contributed by atoms with Gasteiger partial charge in [0.1, 0.15) is 0 Å². The number of hydrogen-bond acceptors (Lipinski definition) is 3. The summed E-state index contributed by atoms with van der Waals surface area (Å²) in [5.41, 5.74) is 1.07. The number of hydrazone groups is 1. The molecule has 0 fully saturated rings. The normalized spacial score (nSPS) is 11.0. The summed E-state index contributed by atoms with van der Waals surface area (Å²) >= 11 is 0. The molecule has 0 spiro atoms. The van der Waals surface area contributed by atoms with E-state index in [-0.39, 0.29) is 11.3 Å². The van der Waals surface area contributed by atoms with E-state index in [0.29, 0.717) is 6.21 Å². The summed E-state index contributed by atoms with van der Waals surface area (Å²) in [5, 5.41) is 12.1. The Morgan fingerprint density at radius 2 is 1.57 bits per heavy atom. The summed E-state index contributed by atoms with van der Waals surface area (Å²) in [7, 11) is 0. The minimum absolute atomic E-state index is 0.0820. The Bertz CT molecular complexity index is 779. The molecule has 0 saturated carbocycles. The second kappa shape index (κ2) is 6.42. The summed E-state index contributed by atoms with van der Waals surface area (Å²) in [5.74, 6) is -11.7. The van der Waals surface area contributed by atoms with Crippen LogP contribution in [0.5, 0.6) is 0 Å². The molecule has 0 aromatic heterocycles. The Morgan fingerprint density at radius 3 is 2.13 bits per heavy atom. The van der Waals surface area contributed by atoms with Gasteiger partial charge in [-0.2, -0.15) is 5.10 Å².